The monoisotopic (exact) mass is 390 g/mol. The van der Waals surface area contributed by atoms with E-state index in [0.717, 1.165) is 5.56 Å². The number of hydrogen-bond acceptors (Lipinski definition) is 1. The standard InChI is InChI=1S/C24H20F2N2O/c1-24(23(27)29,15-16-5-3-2-4-6-16)28-12-11-20-21(26)13-18(14-22(20)28)17-7-9-19(25)10-8-17/h2-14H,15H2,1H3,(H2,27,29). The topological polar surface area (TPSA) is 48.0 Å². The Balaban J connectivity index is 1.88. The van der Waals surface area contributed by atoms with Crippen molar-refractivity contribution in [1.29, 1.82) is 0 Å². The minimum atomic E-state index is -1.09. The molecule has 0 radical (unpaired) electrons. The molecule has 146 valence electrons. The van der Waals surface area contributed by atoms with Crippen LogP contribution in [0.2, 0.25) is 0 Å². The molecule has 3 aromatic carbocycles. The number of nitrogens with zero attached hydrogens (tertiary/aromatic N) is 1. The number of rotatable bonds is 5. The van der Waals surface area contributed by atoms with E-state index in [4.69, 9.17) is 5.73 Å². The zero-order valence-corrected chi connectivity index (χ0v) is 15.9. The number of carbonyl (C=O) groups is 1. The first-order chi connectivity index (χ1) is 13.9. The van der Waals surface area contributed by atoms with E-state index in [1.54, 1.807) is 42.0 Å². The van der Waals surface area contributed by atoms with E-state index in [1.165, 1.54) is 18.2 Å². The van der Waals surface area contributed by atoms with Crippen molar-refractivity contribution in [1.82, 2.24) is 4.57 Å². The molecular weight excluding hydrogens is 370 g/mol. The average Bonchev–Trinajstić information content (AvgIpc) is 3.14. The third-order valence-corrected chi connectivity index (χ3v) is 5.39. The zero-order valence-electron chi connectivity index (χ0n) is 15.9. The summed E-state index contributed by atoms with van der Waals surface area (Å²) in [6.07, 6.45) is 2.06. The van der Waals surface area contributed by atoms with Gasteiger partial charge in [0.05, 0.1) is 5.52 Å². The molecule has 29 heavy (non-hydrogen) atoms. The molecule has 0 aliphatic carbocycles. The Morgan fingerprint density at radius 1 is 0.966 bits per heavy atom. The number of nitrogens with two attached hydrogens (primary N) is 1. The van der Waals surface area contributed by atoms with Gasteiger partial charge in [-0.25, -0.2) is 8.78 Å². The lowest BCUT2D eigenvalue weighted by Gasteiger charge is -2.29. The second-order valence-electron chi connectivity index (χ2n) is 7.38. The van der Waals surface area contributed by atoms with Crippen LogP contribution in [0, 0.1) is 11.6 Å². The van der Waals surface area contributed by atoms with Crippen molar-refractivity contribution in [2.45, 2.75) is 18.9 Å². The first-order valence-corrected chi connectivity index (χ1v) is 9.29. The highest BCUT2D eigenvalue weighted by atomic mass is 19.1. The molecule has 1 unspecified atom stereocenters. The Kier molecular flexibility index (Phi) is 4.66. The smallest absolute Gasteiger partial charge is 0.243 e. The van der Waals surface area contributed by atoms with E-state index in [1.807, 2.05) is 30.3 Å². The Bertz CT molecular complexity index is 1180. The highest BCUT2D eigenvalue weighted by molar-refractivity contribution is 5.90. The molecule has 1 heterocycles. The van der Waals surface area contributed by atoms with Crippen LogP contribution < -0.4 is 5.73 Å². The molecule has 4 rings (SSSR count). The van der Waals surface area contributed by atoms with E-state index >= 15 is 0 Å². The number of carbonyl (C=O) groups excluding carboxylic acids is 1. The maximum absolute atomic E-state index is 14.8. The summed E-state index contributed by atoms with van der Waals surface area (Å²) in [7, 11) is 0. The number of benzene rings is 3. The summed E-state index contributed by atoms with van der Waals surface area (Å²) in [5.74, 6) is -1.28. The largest absolute Gasteiger partial charge is 0.368 e. The molecule has 3 nitrogen and oxygen atoms in total. The quantitative estimate of drug-likeness (QED) is 0.510. The molecule has 5 heteroatoms. The highest BCUT2D eigenvalue weighted by Crippen LogP contribution is 2.33. The maximum atomic E-state index is 14.8. The molecule has 1 atom stereocenters. The summed E-state index contributed by atoms with van der Waals surface area (Å²) in [5, 5.41) is 0.399. The summed E-state index contributed by atoms with van der Waals surface area (Å²) in [4.78, 5) is 12.5. The third-order valence-electron chi connectivity index (χ3n) is 5.39. The zero-order chi connectivity index (χ0) is 20.6. The summed E-state index contributed by atoms with van der Waals surface area (Å²) in [5.41, 5.74) is 7.51. The van der Waals surface area contributed by atoms with Crippen LogP contribution in [0.4, 0.5) is 8.78 Å². The Morgan fingerprint density at radius 3 is 2.31 bits per heavy atom. The van der Waals surface area contributed by atoms with Gasteiger partial charge in [-0.3, -0.25) is 4.79 Å². The van der Waals surface area contributed by atoms with Crippen LogP contribution in [0.3, 0.4) is 0 Å². The summed E-state index contributed by atoms with van der Waals surface area (Å²) < 4.78 is 29.8. The molecule has 0 fully saturated rings. The van der Waals surface area contributed by atoms with E-state index in [2.05, 4.69) is 0 Å². The summed E-state index contributed by atoms with van der Waals surface area (Å²) in [6, 6.07) is 20.3. The van der Waals surface area contributed by atoms with Gasteiger partial charge < -0.3 is 10.3 Å². The minimum absolute atomic E-state index is 0.358. The van der Waals surface area contributed by atoms with E-state index in [-0.39, 0.29) is 5.82 Å². The molecule has 0 saturated heterocycles. The Labute approximate surface area is 167 Å². The molecule has 0 saturated carbocycles. The number of hydrogen-bond donors (Lipinski definition) is 1. The predicted octanol–water partition coefficient (Wildman–Crippen LogP) is 5.03. The first-order valence-electron chi connectivity index (χ1n) is 9.29. The minimum Gasteiger partial charge on any atom is -0.368 e. The van der Waals surface area contributed by atoms with Crippen LogP contribution in [0.25, 0.3) is 22.0 Å². The van der Waals surface area contributed by atoms with Crippen LogP contribution in [0.15, 0.2) is 79.0 Å². The van der Waals surface area contributed by atoms with Crippen molar-refractivity contribution in [2.75, 3.05) is 0 Å². The van der Waals surface area contributed by atoms with Crippen LogP contribution in [0.1, 0.15) is 12.5 Å². The van der Waals surface area contributed by atoms with Crippen LogP contribution in [-0.4, -0.2) is 10.5 Å². The second kappa shape index (κ2) is 7.17. The molecule has 0 spiro atoms. The fraction of sp³-hybridized carbons (Fsp3) is 0.125. The van der Waals surface area contributed by atoms with E-state index < -0.39 is 17.3 Å². The lowest BCUT2D eigenvalue weighted by Crippen LogP contribution is -2.45. The van der Waals surface area contributed by atoms with Crippen molar-refractivity contribution in [3.8, 4) is 11.1 Å². The molecule has 4 aromatic rings. The maximum Gasteiger partial charge on any atom is 0.243 e. The van der Waals surface area contributed by atoms with Gasteiger partial charge in [0.15, 0.2) is 0 Å². The van der Waals surface area contributed by atoms with Gasteiger partial charge in [-0.05, 0) is 53.9 Å². The van der Waals surface area contributed by atoms with Gasteiger partial charge in [0.2, 0.25) is 5.91 Å². The predicted molar refractivity (Wildman–Crippen MR) is 110 cm³/mol. The number of primary amides is 1. The summed E-state index contributed by atoms with van der Waals surface area (Å²) in [6.45, 7) is 1.75. The third kappa shape index (κ3) is 3.40. The Morgan fingerprint density at radius 2 is 1.66 bits per heavy atom. The molecule has 2 N–H and O–H groups in total. The first kappa shape index (κ1) is 18.9. The molecule has 0 bridgehead atoms. The lowest BCUT2D eigenvalue weighted by atomic mass is 9.91. The number of amides is 1. The van der Waals surface area contributed by atoms with Gasteiger partial charge in [0.1, 0.15) is 17.2 Å². The van der Waals surface area contributed by atoms with Crippen LogP contribution >= 0.6 is 0 Å². The van der Waals surface area contributed by atoms with Crippen molar-refractivity contribution in [2.24, 2.45) is 5.73 Å². The van der Waals surface area contributed by atoms with Crippen LogP contribution in [0.5, 0.6) is 0 Å². The SMILES string of the molecule is CC(Cc1ccccc1)(C(N)=O)n1ccc2c(F)cc(-c3ccc(F)cc3)cc21. The van der Waals surface area contributed by atoms with Gasteiger partial charge in [-0.1, -0.05) is 42.5 Å². The lowest BCUT2D eigenvalue weighted by molar-refractivity contribution is -0.125. The summed E-state index contributed by atoms with van der Waals surface area (Å²) >= 11 is 0. The molecule has 1 aromatic heterocycles. The number of halogens is 2. The van der Waals surface area contributed by atoms with E-state index in [0.29, 0.717) is 28.5 Å². The number of fused-ring (bicyclic) bond motifs is 1. The van der Waals surface area contributed by atoms with Crippen molar-refractivity contribution in [3.63, 3.8) is 0 Å². The van der Waals surface area contributed by atoms with Gasteiger partial charge in [-0.15, -0.1) is 0 Å². The fourth-order valence-electron chi connectivity index (χ4n) is 3.72. The average molecular weight is 390 g/mol. The number of aromatic nitrogens is 1. The fourth-order valence-corrected chi connectivity index (χ4v) is 3.72. The highest BCUT2D eigenvalue weighted by Gasteiger charge is 2.34. The van der Waals surface area contributed by atoms with Crippen molar-refractivity contribution >= 4 is 16.8 Å². The van der Waals surface area contributed by atoms with Crippen molar-refractivity contribution in [3.05, 3.63) is 96.2 Å². The van der Waals surface area contributed by atoms with Crippen molar-refractivity contribution < 1.29 is 13.6 Å². The molecular formula is C24H20F2N2O. The Hall–Kier alpha value is -3.47. The van der Waals surface area contributed by atoms with Gasteiger partial charge in [0, 0.05) is 18.0 Å². The molecule has 0 aliphatic heterocycles. The van der Waals surface area contributed by atoms with E-state index in [9.17, 15) is 13.6 Å². The molecule has 1 amide bonds. The van der Waals surface area contributed by atoms with Gasteiger partial charge in [0.25, 0.3) is 0 Å². The van der Waals surface area contributed by atoms with Crippen LogP contribution in [-0.2, 0) is 16.8 Å². The second-order valence-corrected chi connectivity index (χ2v) is 7.38. The normalized spacial score (nSPS) is 13.3. The molecule has 0 aliphatic rings. The van der Waals surface area contributed by atoms with Gasteiger partial charge >= 0.3 is 0 Å². The van der Waals surface area contributed by atoms with Gasteiger partial charge in [-0.2, -0.15) is 0 Å².